The first-order valence-electron chi connectivity index (χ1n) is 20.0. The largest absolute Gasteiger partial charge is 0.294 e. The van der Waals surface area contributed by atoms with Crippen molar-refractivity contribution in [2.24, 2.45) is 0 Å². The molecule has 2 aromatic rings. The van der Waals surface area contributed by atoms with Gasteiger partial charge < -0.3 is 0 Å². The van der Waals surface area contributed by atoms with Crippen LogP contribution >= 0.6 is 0 Å². The van der Waals surface area contributed by atoms with Crippen LogP contribution in [-0.2, 0) is 23.0 Å². The Morgan fingerprint density at radius 3 is 1.20 bits per heavy atom. The number of aryl methyl sites for hydroxylation is 2. The molecular formula is C42H72O3S. The van der Waals surface area contributed by atoms with E-state index in [-0.39, 0.29) is 4.90 Å². The van der Waals surface area contributed by atoms with Gasteiger partial charge in [-0.2, -0.15) is 8.42 Å². The van der Waals surface area contributed by atoms with Gasteiger partial charge in [-0.15, -0.1) is 0 Å². The van der Waals surface area contributed by atoms with Crippen LogP contribution in [-0.4, -0.2) is 13.0 Å². The van der Waals surface area contributed by atoms with Gasteiger partial charge in [0, 0.05) is 0 Å². The van der Waals surface area contributed by atoms with Gasteiger partial charge in [-0.05, 0) is 59.7 Å². The molecule has 0 fully saturated rings. The fraction of sp³-hybridized carbons (Fsp3) is 0.762. The third-order valence-electron chi connectivity index (χ3n) is 10.1. The molecule has 4 heteroatoms. The average molecular weight is 657 g/mol. The third-order valence-corrected chi connectivity index (χ3v) is 10.9. The maximum Gasteiger partial charge on any atom is 0.294 e. The van der Waals surface area contributed by atoms with Crippen LogP contribution in [0.1, 0.15) is 205 Å². The van der Waals surface area contributed by atoms with Crippen LogP contribution in [0.25, 0.3) is 10.8 Å². The number of fused-ring (bicyclic) bond motifs is 1. The highest BCUT2D eigenvalue weighted by molar-refractivity contribution is 7.85. The van der Waals surface area contributed by atoms with Gasteiger partial charge in [-0.25, -0.2) is 0 Å². The number of hydrogen-bond acceptors (Lipinski definition) is 2. The zero-order chi connectivity index (χ0) is 33.1. The molecular weight excluding hydrogens is 585 g/mol. The summed E-state index contributed by atoms with van der Waals surface area (Å²) in [6, 6.07) is 9.50. The predicted molar refractivity (Wildman–Crippen MR) is 202 cm³/mol. The van der Waals surface area contributed by atoms with Crippen molar-refractivity contribution in [3.05, 3.63) is 41.5 Å². The van der Waals surface area contributed by atoms with Gasteiger partial charge in [0.25, 0.3) is 10.1 Å². The molecule has 1 N–H and O–H groups in total. The van der Waals surface area contributed by atoms with Crippen molar-refractivity contribution in [2.45, 2.75) is 211 Å². The van der Waals surface area contributed by atoms with E-state index in [4.69, 9.17) is 0 Å². The van der Waals surface area contributed by atoms with Crippen LogP contribution in [0.5, 0.6) is 0 Å². The third kappa shape index (κ3) is 18.8. The number of unbranched alkanes of at least 4 members (excludes halogenated alkanes) is 26. The monoisotopic (exact) mass is 657 g/mol. The molecule has 0 radical (unpaired) electrons. The van der Waals surface area contributed by atoms with E-state index in [2.05, 4.69) is 26.0 Å². The van der Waals surface area contributed by atoms with Crippen LogP contribution in [0.15, 0.2) is 35.2 Å². The summed E-state index contributed by atoms with van der Waals surface area (Å²) in [5.74, 6) is 0. The lowest BCUT2D eigenvalue weighted by atomic mass is 9.91. The van der Waals surface area contributed by atoms with E-state index in [0.717, 1.165) is 30.0 Å². The van der Waals surface area contributed by atoms with Crippen molar-refractivity contribution in [2.75, 3.05) is 0 Å². The second-order valence-electron chi connectivity index (χ2n) is 14.3. The van der Waals surface area contributed by atoms with Gasteiger partial charge in [0.2, 0.25) is 0 Å². The molecule has 0 spiro atoms. The molecule has 0 aliphatic heterocycles. The fourth-order valence-electron chi connectivity index (χ4n) is 7.10. The van der Waals surface area contributed by atoms with Crippen LogP contribution in [0, 0.1) is 0 Å². The van der Waals surface area contributed by atoms with Gasteiger partial charge in [0.05, 0.1) is 4.90 Å². The summed E-state index contributed by atoms with van der Waals surface area (Å²) in [4.78, 5) is 0.0100. The van der Waals surface area contributed by atoms with Crippen molar-refractivity contribution in [3.63, 3.8) is 0 Å². The number of benzene rings is 2. The van der Waals surface area contributed by atoms with E-state index in [9.17, 15) is 13.0 Å². The van der Waals surface area contributed by atoms with E-state index in [1.807, 2.05) is 6.07 Å². The minimum Gasteiger partial charge on any atom is -0.282 e. The molecule has 0 aliphatic carbocycles. The molecule has 264 valence electrons. The van der Waals surface area contributed by atoms with E-state index >= 15 is 0 Å². The molecule has 0 atom stereocenters. The Morgan fingerprint density at radius 1 is 0.457 bits per heavy atom. The van der Waals surface area contributed by atoms with Crippen molar-refractivity contribution in [1.29, 1.82) is 0 Å². The molecule has 0 saturated heterocycles. The zero-order valence-corrected chi connectivity index (χ0v) is 31.1. The average Bonchev–Trinajstić information content (AvgIpc) is 3.04. The Morgan fingerprint density at radius 2 is 0.804 bits per heavy atom. The van der Waals surface area contributed by atoms with Gasteiger partial charge >= 0.3 is 0 Å². The Kier molecular flexibility index (Phi) is 23.5. The lowest BCUT2D eigenvalue weighted by molar-refractivity contribution is 0.483. The normalized spacial score (nSPS) is 12.0. The first-order chi connectivity index (χ1) is 22.5. The molecule has 0 unspecified atom stereocenters. The number of hydrogen-bond donors (Lipinski definition) is 1. The van der Waals surface area contributed by atoms with Gasteiger partial charge in [0.15, 0.2) is 0 Å². The molecule has 0 heterocycles. The summed E-state index contributed by atoms with van der Waals surface area (Å²) in [7, 11) is -4.22. The number of rotatable bonds is 31. The van der Waals surface area contributed by atoms with Gasteiger partial charge in [0.1, 0.15) is 0 Å². The first-order valence-corrected chi connectivity index (χ1v) is 21.4. The lowest BCUT2D eigenvalue weighted by Gasteiger charge is -2.14. The SMILES string of the molecule is CCCCCCCCCCCCCCCCc1ccc2ccc(S(=O)(=O)O)cc2c1CCCCCCCCCCCCCCCC. The first kappa shape index (κ1) is 40.8. The zero-order valence-electron chi connectivity index (χ0n) is 30.3. The molecule has 0 amide bonds. The summed E-state index contributed by atoms with van der Waals surface area (Å²) in [5, 5.41) is 2.07. The standard InChI is InChI=1S/C42H72O3S/c1-3-5-7-9-11-13-15-17-19-21-23-25-27-29-31-38-33-34-39-35-36-40(46(43,44)45)37-42(39)41(38)32-30-28-26-24-22-20-18-16-14-12-10-8-6-4-2/h33-37H,3-32H2,1-2H3,(H,43,44,45). The maximum absolute atomic E-state index is 11.9. The Bertz CT molecular complexity index is 1120. The highest BCUT2D eigenvalue weighted by atomic mass is 32.2. The van der Waals surface area contributed by atoms with E-state index in [1.165, 1.54) is 191 Å². The lowest BCUT2D eigenvalue weighted by Crippen LogP contribution is -2.01. The van der Waals surface area contributed by atoms with Crippen LogP contribution in [0.2, 0.25) is 0 Å². The van der Waals surface area contributed by atoms with E-state index in [0.29, 0.717) is 0 Å². The van der Waals surface area contributed by atoms with Crippen molar-refractivity contribution in [3.8, 4) is 0 Å². The Hall–Kier alpha value is -1.39. The highest BCUT2D eigenvalue weighted by Crippen LogP contribution is 2.29. The predicted octanol–water partition coefficient (Wildman–Crippen LogP) is 14.1. The maximum atomic E-state index is 11.9. The van der Waals surface area contributed by atoms with Gasteiger partial charge in [-0.3, -0.25) is 4.55 Å². The Labute approximate surface area is 285 Å². The molecule has 0 aliphatic rings. The highest BCUT2D eigenvalue weighted by Gasteiger charge is 2.14. The van der Waals surface area contributed by atoms with Crippen LogP contribution < -0.4 is 0 Å². The molecule has 3 nitrogen and oxygen atoms in total. The smallest absolute Gasteiger partial charge is 0.282 e. The summed E-state index contributed by atoms with van der Waals surface area (Å²) >= 11 is 0. The minimum atomic E-state index is -4.22. The second kappa shape index (κ2) is 26.6. The molecule has 0 bridgehead atoms. The second-order valence-corrected chi connectivity index (χ2v) is 15.7. The molecule has 2 aromatic carbocycles. The molecule has 0 saturated carbocycles. The molecule has 0 aromatic heterocycles. The summed E-state index contributed by atoms with van der Waals surface area (Å²) in [6.45, 7) is 4.57. The van der Waals surface area contributed by atoms with Crippen LogP contribution in [0.3, 0.4) is 0 Å². The molecule has 46 heavy (non-hydrogen) atoms. The summed E-state index contributed by atoms with van der Waals surface area (Å²) in [6.07, 6.45) is 40.0. The quantitative estimate of drug-likeness (QED) is 0.0649. The van der Waals surface area contributed by atoms with Crippen molar-refractivity contribution >= 4 is 20.9 Å². The topological polar surface area (TPSA) is 54.4 Å². The minimum absolute atomic E-state index is 0.0100. The van der Waals surface area contributed by atoms with Gasteiger partial charge in [-0.1, -0.05) is 199 Å². The summed E-state index contributed by atoms with van der Waals surface area (Å²) in [5.41, 5.74) is 2.67. The fourth-order valence-corrected chi connectivity index (χ4v) is 7.61. The van der Waals surface area contributed by atoms with E-state index in [1.54, 1.807) is 6.07 Å². The van der Waals surface area contributed by atoms with E-state index < -0.39 is 10.1 Å². The molecule has 2 rings (SSSR count). The van der Waals surface area contributed by atoms with Crippen molar-refractivity contribution < 1.29 is 13.0 Å². The van der Waals surface area contributed by atoms with Crippen molar-refractivity contribution in [1.82, 2.24) is 0 Å². The summed E-state index contributed by atoms with van der Waals surface area (Å²) < 4.78 is 33.6. The van der Waals surface area contributed by atoms with Crippen LogP contribution in [0.4, 0.5) is 0 Å². The Balaban J connectivity index is 1.72.